The summed E-state index contributed by atoms with van der Waals surface area (Å²) in [5.41, 5.74) is 2.56. The van der Waals surface area contributed by atoms with Crippen LogP contribution in [0, 0.1) is 13.8 Å². The molecule has 1 aromatic carbocycles. The molecule has 4 rings (SSSR count). The summed E-state index contributed by atoms with van der Waals surface area (Å²) < 4.78 is 12.7. The lowest BCUT2D eigenvalue weighted by atomic mass is 10.2. The quantitative estimate of drug-likeness (QED) is 0.535. The van der Waals surface area contributed by atoms with Gasteiger partial charge in [-0.3, -0.25) is 0 Å². The number of hydrogen-bond acceptors (Lipinski definition) is 7. The fraction of sp³-hybridized carbons (Fsp3) is 0.300. The summed E-state index contributed by atoms with van der Waals surface area (Å²) in [6.07, 6.45) is 0. The summed E-state index contributed by atoms with van der Waals surface area (Å²) in [6, 6.07) is 10.6. The van der Waals surface area contributed by atoms with Gasteiger partial charge in [0.15, 0.2) is 17.3 Å². The molecule has 10 nitrogen and oxygen atoms in total. The number of carbonyl (C=O) groups excluding carboxylic acids is 1. The van der Waals surface area contributed by atoms with Crippen molar-refractivity contribution in [3.05, 3.63) is 47.8 Å². The van der Waals surface area contributed by atoms with E-state index in [-0.39, 0.29) is 6.03 Å². The number of nitrogens with zero attached hydrogens (tertiary/aromatic N) is 4. The molecular weight excluding hydrogens is 386 g/mol. The maximum Gasteiger partial charge on any atom is 0.319 e. The average molecular weight is 409 g/mol. The van der Waals surface area contributed by atoms with Gasteiger partial charge in [0.05, 0.1) is 5.69 Å². The first-order valence-corrected chi connectivity index (χ1v) is 9.64. The first kappa shape index (κ1) is 19.5. The molecule has 0 bridgehead atoms. The van der Waals surface area contributed by atoms with Gasteiger partial charge in [0.1, 0.15) is 19.0 Å². The zero-order valence-corrected chi connectivity index (χ0v) is 16.8. The number of aromatic nitrogens is 4. The third-order valence-corrected chi connectivity index (χ3v) is 4.39. The number of urea groups is 1. The monoisotopic (exact) mass is 409 g/mol. The maximum atomic E-state index is 12.1. The Hall–Kier alpha value is -3.82. The molecule has 1 aliphatic heterocycles. The first-order chi connectivity index (χ1) is 14.6. The molecule has 1 aliphatic rings. The lowest BCUT2D eigenvalue weighted by molar-refractivity contribution is 0.171. The van der Waals surface area contributed by atoms with Crippen molar-refractivity contribution in [3.8, 4) is 17.3 Å². The van der Waals surface area contributed by atoms with Crippen molar-refractivity contribution >= 4 is 17.5 Å². The molecule has 3 heterocycles. The molecular formula is C20H23N7O3. The Balaban J connectivity index is 1.22. The van der Waals surface area contributed by atoms with Gasteiger partial charge in [-0.05, 0) is 44.2 Å². The van der Waals surface area contributed by atoms with Crippen LogP contribution in [0.4, 0.5) is 16.3 Å². The van der Waals surface area contributed by atoms with Crippen LogP contribution in [0.1, 0.15) is 11.4 Å². The minimum absolute atomic E-state index is 0.306. The number of benzene rings is 1. The van der Waals surface area contributed by atoms with Gasteiger partial charge in [0.25, 0.3) is 0 Å². The number of rotatable bonds is 6. The minimum atomic E-state index is -0.306. The van der Waals surface area contributed by atoms with Gasteiger partial charge in [-0.1, -0.05) is 0 Å². The lowest BCUT2D eigenvalue weighted by Gasteiger charge is -2.19. The fourth-order valence-electron chi connectivity index (χ4n) is 3.06. The Labute approximate surface area is 173 Å². The van der Waals surface area contributed by atoms with E-state index in [9.17, 15) is 4.79 Å². The number of carbonyl (C=O) groups is 1. The van der Waals surface area contributed by atoms with Crippen LogP contribution in [0.2, 0.25) is 0 Å². The third kappa shape index (κ3) is 4.59. The molecule has 0 unspecified atom stereocenters. The largest absolute Gasteiger partial charge is 0.486 e. The van der Waals surface area contributed by atoms with Gasteiger partial charge in [0, 0.05) is 30.5 Å². The Kier molecular flexibility index (Phi) is 5.64. The van der Waals surface area contributed by atoms with E-state index in [1.54, 1.807) is 22.9 Å². The Morgan fingerprint density at radius 1 is 1.03 bits per heavy atom. The Morgan fingerprint density at radius 2 is 1.87 bits per heavy atom. The topological polar surface area (TPSA) is 115 Å². The number of anilines is 2. The van der Waals surface area contributed by atoms with Gasteiger partial charge in [-0.25, -0.2) is 9.48 Å². The second kappa shape index (κ2) is 8.68. The van der Waals surface area contributed by atoms with Crippen molar-refractivity contribution in [2.45, 2.75) is 13.8 Å². The molecule has 0 saturated heterocycles. The summed E-state index contributed by atoms with van der Waals surface area (Å²) in [4.78, 5) is 12.1. The highest BCUT2D eigenvalue weighted by molar-refractivity contribution is 5.89. The molecule has 0 saturated carbocycles. The molecule has 0 spiro atoms. The second-order valence-electron chi connectivity index (χ2n) is 6.78. The van der Waals surface area contributed by atoms with E-state index in [1.165, 1.54) is 0 Å². The van der Waals surface area contributed by atoms with E-state index in [1.807, 2.05) is 32.0 Å². The Bertz CT molecular complexity index is 1030. The predicted octanol–water partition coefficient (Wildman–Crippen LogP) is 2.28. The van der Waals surface area contributed by atoms with E-state index in [2.05, 4.69) is 31.2 Å². The molecule has 2 aromatic heterocycles. The highest BCUT2D eigenvalue weighted by Gasteiger charge is 2.12. The highest BCUT2D eigenvalue weighted by Crippen LogP contribution is 2.32. The van der Waals surface area contributed by atoms with Gasteiger partial charge < -0.3 is 25.4 Å². The van der Waals surface area contributed by atoms with Crippen molar-refractivity contribution in [1.82, 2.24) is 25.3 Å². The molecule has 0 radical (unpaired) electrons. The van der Waals surface area contributed by atoms with Crippen molar-refractivity contribution in [2.75, 3.05) is 36.9 Å². The summed E-state index contributed by atoms with van der Waals surface area (Å²) >= 11 is 0. The molecule has 0 fully saturated rings. The minimum Gasteiger partial charge on any atom is -0.486 e. The molecule has 10 heteroatoms. The molecule has 2 amide bonds. The molecule has 156 valence electrons. The summed E-state index contributed by atoms with van der Waals surface area (Å²) in [6.45, 7) is 5.85. The number of ether oxygens (including phenoxy) is 2. The van der Waals surface area contributed by atoms with Crippen LogP contribution in [0.5, 0.6) is 11.5 Å². The highest BCUT2D eigenvalue weighted by atomic mass is 16.6. The van der Waals surface area contributed by atoms with Crippen LogP contribution >= 0.6 is 0 Å². The Morgan fingerprint density at radius 3 is 2.60 bits per heavy atom. The van der Waals surface area contributed by atoms with E-state index in [0.29, 0.717) is 55.1 Å². The van der Waals surface area contributed by atoms with Crippen molar-refractivity contribution in [1.29, 1.82) is 0 Å². The molecule has 3 N–H and O–H groups in total. The van der Waals surface area contributed by atoms with Gasteiger partial charge in [-0.15, -0.1) is 10.2 Å². The number of fused-ring (bicyclic) bond motifs is 1. The van der Waals surface area contributed by atoms with Crippen molar-refractivity contribution in [3.63, 3.8) is 0 Å². The first-order valence-electron chi connectivity index (χ1n) is 9.64. The average Bonchev–Trinajstić information content (AvgIpc) is 3.09. The van der Waals surface area contributed by atoms with Gasteiger partial charge in [-0.2, -0.15) is 5.10 Å². The van der Waals surface area contributed by atoms with E-state index in [4.69, 9.17) is 9.47 Å². The second-order valence-corrected chi connectivity index (χ2v) is 6.78. The van der Waals surface area contributed by atoms with Crippen LogP contribution in [-0.4, -0.2) is 52.3 Å². The van der Waals surface area contributed by atoms with E-state index in [0.717, 1.165) is 11.4 Å². The molecule has 3 aromatic rings. The molecule has 0 atom stereocenters. The van der Waals surface area contributed by atoms with Crippen LogP contribution in [0.25, 0.3) is 5.82 Å². The van der Waals surface area contributed by atoms with Gasteiger partial charge >= 0.3 is 6.03 Å². The lowest BCUT2D eigenvalue weighted by Crippen LogP contribution is -2.32. The van der Waals surface area contributed by atoms with Crippen LogP contribution in [0.3, 0.4) is 0 Å². The van der Waals surface area contributed by atoms with Crippen LogP contribution in [0.15, 0.2) is 36.4 Å². The third-order valence-electron chi connectivity index (χ3n) is 4.39. The fourth-order valence-corrected chi connectivity index (χ4v) is 3.06. The number of amides is 2. The smallest absolute Gasteiger partial charge is 0.319 e. The number of nitrogens with one attached hydrogen (secondary N) is 3. The number of aryl methyl sites for hydroxylation is 2. The zero-order valence-electron chi connectivity index (χ0n) is 16.8. The van der Waals surface area contributed by atoms with Crippen LogP contribution in [-0.2, 0) is 0 Å². The summed E-state index contributed by atoms with van der Waals surface area (Å²) in [7, 11) is 0. The molecule has 0 aliphatic carbocycles. The van der Waals surface area contributed by atoms with E-state index >= 15 is 0 Å². The van der Waals surface area contributed by atoms with Gasteiger partial charge in [0.2, 0.25) is 0 Å². The summed E-state index contributed by atoms with van der Waals surface area (Å²) in [5, 5.41) is 21.4. The SMILES string of the molecule is Cc1cc(C)n(-c2ccc(NCCNC(=O)Nc3ccc4c(c3)OCCO4)nn2)n1. The van der Waals surface area contributed by atoms with Crippen molar-refractivity contribution in [2.24, 2.45) is 0 Å². The van der Waals surface area contributed by atoms with E-state index < -0.39 is 0 Å². The van der Waals surface area contributed by atoms with Crippen molar-refractivity contribution < 1.29 is 14.3 Å². The summed E-state index contributed by atoms with van der Waals surface area (Å²) in [5.74, 6) is 2.59. The standard InChI is InChI=1S/C20H23N7O3/c1-13-11-14(2)27(26-13)19-6-5-18(24-25-19)21-7-8-22-20(28)23-15-3-4-16-17(12-15)30-10-9-29-16/h3-6,11-12H,7-10H2,1-2H3,(H,21,24)(H2,22,23,28). The maximum absolute atomic E-state index is 12.1. The normalized spacial score (nSPS) is 12.3. The molecule has 30 heavy (non-hydrogen) atoms. The predicted molar refractivity (Wildman–Crippen MR) is 112 cm³/mol. The zero-order chi connectivity index (χ0) is 20.9. The number of hydrogen-bond donors (Lipinski definition) is 3. The van der Waals surface area contributed by atoms with Crippen LogP contribution < -0.4 is 25.4 Å².